The zero-order valence-electron chi connectivity index (χ0n) is 21.4. The Morgan fingerprint density at radius 3 is 2.12 bits per heavy atom. The number of aryl methyl sites for hydroxylation is 1. The quantitative estimate of drug-likeness (QED) is 0.126. The van der Waals surface area contributed by atoms with E-state index < -0.39 is 0 Å². The number of rotatable bonds is 16. The Balaban J connectivity index is 2.29. The Bertz CT molecular complexity index is 763. The summed E-state index contributed by atoms with van der Waals surface area (Å²) in [5, 5.41) is 0. The second-order valence-electron chi connectivity index (χ2n) is 10.1. The highest BCUT2D eigenvalue weighted by Crippen LogP contribution is 2.46. The zero-order valence-corrected chi connectivity index (χ0v) is 25.0. The average Bonchev–Trinajstić information content (AvgIpc) is 2.83. The van der Waals surface area contributed by atoms with Gasteiger partial charge in [0.25, 0.3) is 0 Å². The van der Waals surface area contributed by atoms with Gasteiger partial charge in [0.1, 0.15) is 5.75 Å². The highest BCUT2D eigenvalue weighted by atomic mass is 32.1. The Labute approximate surface area is 231 Å². The van der Waals surface area contributed by atoms with E-state index in [0.717, 1.165) is 93.3 Å². The van der Waals surface area contributed by atoms with Crippen LogP contribution in [0.5, 0.6) is 5.75 Å². The molecule has 0 aromatic heterocycles. The van der Waals surface area contributed by atoms with Crippen LogP contribution in [0, 0.1) is 11.8 Å². The molecule has 0 saturated heterocycles. The minimum absolute atomic E-state index is 0.0659. The maximum absolute atomic E-state index is 6.31. The third-order valence-corrected chi connectivity index (χ3v) is 8.38. The van der Waals surface area contributed by atoms with E-state index >= 15 is 0 Å². The van der Waals surface area contributed by atoms with E-state index in [4.69, 9.17) is 9.47 Å². The third-order valence-electron chi connectivity index (χ3n) is 7.11. The maximum Gasteiger partial charge on any atom is 0.122 e. The molecule has 0 radical (unpaired) electrons. The van der Waals surface area contributed by atoms with Crippen LogP contribution in [0.4, 0.5) is 0 Å². The summed E-state index contributed by atoms with van der Waals surface area (Å²) in [6.45, 7) is 8.68. The largest absolute Gasteiger partial charge is 0.498 e. The predicted molar refractivity (Wildman–Crippen MR) is 162 cm³/mol. The third kappa shape index (κ3) is 8.81. The van der Waals surface area contributed by atoms with Gasteiger partial charge in [-0.05, 0) is 108 Å². The van der Waals surface area contributed by atoms with Crippen molar-refractivity contribution in [3.8, 4) is 5.75 Å². The van der Waals surface area contributed by atoms with Crippen LogP contribution in [-0.4, -0.2) is 36.2 Å². The van der Waals surface area contributed by atoms with Crippen LogP contribution in [-0.2, 0) is 16.6 Å². The number of hydrogen-bond donors (Lipinski definition) is 4. The SMILES string of the molecule is CC1C[C@H](C(C)(C)c2ccc(OCCCS)c(CCCS)c2)CC(CCCS)=C1OCCCS. The van der Waals surface area contributed by atoms with Gasteiger partial charge in [-0.2, -0.15) is 50.5 Å². The van der Waals surface area contributed by atoms with Crippen LogP contribution in [0.2, 0.25) is 0 Å². The number of thiol groups is 4. The predicted octanol–water partition coefficient (Wildman–Crippen LogP) is 7.87. The molecule has 2 rings (SSSR count). The van der Waals surface area contributed by atoms with E-state index in [-0.39, 0.29) is 5.41 Å². The minimum Gasteiger partial charge on any atom is -0.498 e. The Morgan fingerprint density at radius 1 is 0.853 bits per heavy atom. The summed E-state index contributed by atoms with van der Waals surface area (Å²) in [7, 11) is 0. The first-order chi connectivity index (χ1) is 16.4. The second kappa shape index (κ2) is 15.9. The number of hydrogen-bond acceptors (Lipinski definition) is 6. The molecule has 34 heavy (non-hydrogen) atoms. The van der Waals surface area contributed by atoms with Gasteiger partial charge in [-0.3, -0.25) is 0 Å². The molecule has 194 valence electrons. The van der Waals surface area contributed by atoms with E-state index in [0.29, 0.717) is 11.8 Å². The molecule has 1 aliphatic rings. The summed E-state index contributed by atoms with van der Waals surface area (Å²) in [6, 6.07) is 6.89. The fourth-order valence-corrected chi connectivity index (χ4v) is 5.56. The van der Waals surface area contributed by atoms with E-state index in [2.05, 4.69) is 89.5 Å². The lowest BCUT2D eigenvalue weighted by Gasteiger charge is -2.41. The smallest absolute Gasteiger partial charge is 0.122 e. The van der Waals surface area contributed by atoms with Crippen molar-refractivity contribution in [2.45, 2.75) is 77.6 Å². The lowest BCUT2D eigenvalue weighted by Crippen LogP contribution is -2.34. The standard InChI is InChI=1S/C28H46O2S4/c1-21-18-25(20-23(9-5-15-32)27(21)30-13-7-17-34)28(2,3)24-10-11-26(29-12-6-16-33)22(19-24)8-4-14-31/h10-11,19,21,25,31-34H,4-9,12-18,20H2,1-3H3/t21?,25-/m0/s1. The first-order valence-corrected chi connectivity index (χ1v) is 15.5. The van der Waals surface area contributed by atoms with E-state index in [1.807, 2.05) is 0 Å². The average molecular weight is 543 g/mol. The number of benzene rings is 1. The molecule has 0 spiro atoms. The Kier molecular flexibility index (Phi) is 14.2. The number of allylic oxidation sites excluding steroid dienone is 2. The van der Waals surface area contributed by atoms with Crippen molar-refractivity contribution in [3.63, 3.8) is 0 Å². The summed E-state index contributed by atoms with van der Waals surface area (Å²) < 4.78 is 12.4. The lowest BCUT2D eigenvalue weighted by molar-refractivity contribution is 0.137. The highest BCUT2D eigenvalue weighted by Gasteiger charge is 2.38. The monoisotopic (exact) mass is 542 g/mol. The molecule has 2 nitrogen and oxygen atoms in total. The molecule has 0 N–H and O–H groups in total. The van der Waals surface area contributed by atoms with Gasteiger partial charge in [0.2, 0.25) is 0 Å². The van der Waals surface area contributed by atoms with Gasteiger partial charge < -0.3 is 9.47 Å². The van der Waals surface area contributed by atoms with Crippen LogP contribution in [0.25, 0.3) is 0 Å². The van der Waals surface area contributed by atoms with E-state index in [1.54, 1.807) is 0 Å². The van der Waals surface area contributed by atoms with Crippen LogP contribution in [0.15, 0.2) is 29.5 Å². The van der Waals surface area contributed by atoms with Crippen LogP contribution in [0.1, 0.15) is 76.8 Å². The molecule has 0 saturated carbocycles. The molecule has 1 aliphatic carbocycles. The second-order valence-corrected chi connectivity index (χ2v) is 11.8. The molecular weight excluding hydrogens is 497 g/mol. The first-order valence-electron chi connectivity index (χ1n) is 12.9. The van der Waals surface area contributed by atoms with Gasteiger partial charge in [0, 0.05) is 5.92 Å². The van der Waals surface area contributed by atoms with Gasteiger partial charge in [0.15, 0.2) is 0 Å². The van der Waals surface area contributed by atoms with Gasteiger partial charge in [-0.25, -0.2) is 0 Å². The van der Waals surface area contributed by atoms with Crippen molar-refractivity contribution in [2.75, 3.05) is 36.2 Å². The van der Waals surface area contributed by atoms with Gasteiger partial charge in [-0.15, -0.1) is 0 Å². The van der Waals surface area contributed by atoms with Crippen LogP contribution < -0.4 is 4.74 Å². The van der Waals surface area contributed by atoms with Crippen LogP contribution >= 0.6 is 50.5 Å². The molecule has 0 fully saturated rings. The summed E-state index contributed by atoms with van der Waals surface area (Å²) >= 11 is 17.6. The van der Waals surface area contributed by atoms with Gasteiger partial charge >= 0.3 is 0 Å². The molecule has 1 unspecified atom stereocenters. The summed E-state index contributed by atoms with van der Waals surface area (Å²) in [5.41, 5.74) is 4.29. The van der Waals surface area contributed by atoms with Crippen LogP contribution in [0.3, 0.4) is 0 Å². The molecule has 1 aromatic rings. The molecular formula is C28H46O2S4. The van der Waals surface area contributed by atoms with Crippen molar-refractivity contribution in [1.29, 1.82) is 0 Å². The Hall–Kier alpha value is -0.0400. The first kappa shape index (κ1) is 30.2. The van der Waals surface area contributed by atoms with E-state index in [1.165, 1.54) is 22.5 Å². The van der Waals surface area contributed by atoms with Crippen molar-refractivity contribution >= 4 is 50.5 Å². The topological polar surface area (TPSA) is 18.5 Å². The Morgan fingerprint density at radius 2 is 1.47 bits per heavy atom. The zero-order chi connectivity index (χ0) is 25.0. The number of ether oxygens (including phenoxy) is 2. The minimum atomic E-state index is 0.0659. The molecule has 6 heteroatoms. The fourth-order valence-electron chi connectivity index (χ4n) is 4.99. The fraction of sp³-hybridized carbons (Fsp3) is 0.714. The highest BCUT2D eigenvalue weighted by molar-refractivity contribution is 7.80. The van der Waals surface area contributed by atoms with Gasteiger partial charge in [0.05, 0.1) is 19.0 Å². The van der Waals surface area contributed by atoms with Crippen molar-refractivity contribution < 1.29 is 9.47 Å². The molecule has 0 amide bonds. The van der Waals surface area contributed by atoms with Gasteiger partial charge in [-0.1, -0.05) is 32.9 Å². The summed E-state index contributed by atoms with van der Waals surface area (Å²) in [4.78, 5) is 0. The molecule has 1 aromatic carbocycles. The maximum atomic E-state index is 6.31. The molecule has 0 aliphatic heterocycles. The van der Waals surface area contributed by atoms with Crippen molar-refractivity contribution in [1.82, 2.24) is 0 Å². The summed E-state index contributed by atoms with van der Waals surface area (Å²) in [6.07, 6.45) is 8.45. The van der Waals surface area contributed by atoms with Crippen molar-refractivity contribution in [2.24, 2.45) is 11.8 Å². The van der Waals surface area contributed by atoms with E-state index in [9.17, 15) is 0 Å². The van der Waals surface area contributed by atoms with Crippen molar-refractivity contribution in [3.05, 3.63) is 40.7 Å². The lowest BCUT2D eigenvalue weighted by atomic mass is 9.64. The summed E-state index contributed by atoms with van der Waals surface area (Å²) in [5.74, 6) is 6.81. The molecule has 0 heterocycles. The molecule has 0 bridgehead atoms. The normalized spacial score (nSPS) is 18.9. The molecule has 2 atom stereocenters.